The van der Waals surface area contributed by atoms with Crippen LogP contribution in [0.1, 0.15) is 23.5 Å². The van der Waals surface area contributed by atoms with E-state index in [-0.39, 0.29) is 17.6 Å². The molecule has 0 spiro atoms. The van der Waals surface area contributed by atoms with Gasteiger partial charge in [0.1, 0.15) is 0 Å². The second-order valence-electron chi connectivity index (χ2n) is 7.77. The van der Waals surface area contributed by atoms with E-state index in [1.165, 1.54) is 38.8 Å². The van der Waals surface area contributed by atoms with Crippen molar-refractivity contribution in [1.29, 1.82) is 0 Å². The summed E-state index contributed by atoms with van der Waals surface area (Å²) in [7, 11) is 0. The number of ketones is 1. The Labute approximate surface area is 171 Å². The molecule has 0 fully saturated rings. The highest BCUT2D eigenvalue weighted by atomic mass is 16.1. The van der Waals surface area contributed by atoms with Crippen molar-refractivity contribution in [2.24, 2.45) is 5.92 Å². The number of carbonyl (C=O) groups is 1. The van der Waals surface area contributed by atoms with Gasteiger partial charge >= 0.3 is 0 Å². The van der Waals surface area contributed by atoms with Crippen LogP contribution >= 0.6 is 0 Å². The van der Waals surface area contributed by atoms with E-state index in [2.05, 4.69) is 72.6 Å². The molecule has 1 N–H and O–H groups in total. The summed E-state index contributed by atoms with van der Waals surface area (Å²) in [4.78, 5) is 12.6. The number of hydrogen-bond acceptors (Lipinski definition) is 2. The number of nitrogens with one attached hydrogen (secondary N) is 1. The average Bonchev–Trinajstić information content (AvgIpc) is 3.06. The normalized spacial score (nSPS) is 21.2. The lowest BCUT2D eigenvalue weighted by molar-refractivity contribution is -0.116. The molecular weight excluding hydrogens is 354 g/mol. The molecule has 2 heteroatoms. The molecule has 2 aromatic rings. The van der Waals surface area contributed by atoms with E-state index in [1.54, 1.807) is 0 Å². The van der Waals surface area contributed by atoms with Crippen LogP contribution in [0.3, 0.4) is 0 Å². The topological polar surface area (TPSA) is 29.1 Å². The van der Waals surface area contributed by atoms with Crippen molar-refractivity contribution in [2.45, 2.75) is 18.8 Å². The van der Waals surface area contributed by atoms with Gasteiger partial charge in [0.15, 0.2) is 5.78 Å². The maximum Gasteiger partial charge on any atom is 0.161 e. The molecule has 0 radical (unpaired) electrons. The van der Waals surface area contributed by atoms with Gasteiger partial charge in [-0.3, -0.25) is 4.79 Å². The van der Waals surface area contributed by atoms with Gasteiger partial charge in [-0.05, 0) is 63.8 Å². The highest BCUT2D eigenvalue weighted by Gasteiger charge is 2.29. The largest absolute Gasteiger partial charge is 0.364 e. The Morgan fingerprint density at radius 3 is 2.83 bits per heavy atom. The van der Waals surface area contributed by atoms with Crippen molar-refractivity contribution in [1.82, 2.24) is 5.32 Å². The quantitative estimate of drug-likeness (QED) is 0.823. The first-order valence-corrected chi connectivity index (χ1v) is 10.2. The van der Waals surface area contributed by atoms with Crippen LogP contribution in [0.5, 0.6) is 0 Å². The molecule has 0 amide bonds. The van der Waals surface area contributed by atoms with E-state index >= 15 is 0 Å². The van der Waals surface area contributed by atoms with E-state index in [0.717, 1.165) is 18.5 Å². The molecule has 2 nitrogen and oxygen atoms in total. The number of rotatable bonds is 3. The highest BCUT2D eigenvalue weighted by molar-refractivity contribution is 5.95. The second kappa shape index (κ2) is 7.21. The van der Waals surface area contributed by atoms with Gasteiger partial charge in [-0.15, -0.1) is 0 Å². The van der Waals surface area contributed by atoms with Crippen LogP contribution in [0, 0.1) is 5.92 Å². The van der Waals surface area contributed by atoms with E-state index in [9.17, 15) is 4.79 Å². The van der Waals surface area contributed by atoms with Crippen LogP contribution in [0.15, 0.2) is 85.3 Å². The number of allylic oxidation sites excluding steroid dienone is 6. The minimum atomic E-state index is -0.152. The van der Waals surface area contributed by atoms with Crippen molar-refractivity contribution in [3.05, 3.63) is 107 Å². The number of fused-ring (bicyclic) bond motifs is 5. The molecule has 2 atom stereocenters. The lowest BCUT2D eigenvalue weighted by Crippen LogP contribution is -2.39. The van der Waals surface area contributed by atoms with Gasteiger partial charge < -0.3 is 5.32 Å². The molecule has 29 heavy (non-hydrogen) atoms. The minimum Gasteiger partial charge on any atom is -0.364 e. The smallest absolute Gasteiger partial charge is 0.161 e. The molecule has 2 aromatic carbocycles. The highest BCUT2D eigenvalue weighted by Crippen LogP contribution is 2.34. The van der Waals surface area contributed by atoms with E-state index < -0.39 is 0 Å². The summed E-state index contributed by atoms with van der Waals surface area (Å²) < 4.78 is 0. The zero-order valence-electron chi connectivity index (χ0n) is 16.3. The fourth-order valence-corrected chi connectivity index (χ4v) is 4.75. The van der Waals surface area contributed by atoms with Gasteiger partial charge in [-0.25, -0.2) is 0 Å². The Morgan fingerprint density at radius 1 is 1.03 bits per heavy atom. The van der Waals surface area contributed by atoms with Crippen LogP contribution in [-0.2, 0) is 11.2 Å². The molecule has 5 rings (SSSR count). The first-order chi connectivity index (χ1) is 14.3. The molecule has 3 aliphatic rings. The van der Waals surface area contributed by atoms with Crippen LogP contribution in [0.2, 0.25) is 0 Å². The molecule has 2 unspecified atom stereocenters. The molecule has 0 saturated heterocycles. The van der Waals surface area contributed by atoms with E-state index in [1.807, 2.05) is 18.4 Å². The molecule has 0 aromatic heterocycles. The zero-order valence-corrected chi connectivity index (χ0v) is 16.3. The summed E-state index contributed by atoms with van der Waals surface area (Å²) in [5, 5.41) is 5.88. The van der Waals surface area contributed by atoms with Crippen molar-refractivity contribution in [2.75, 3.05) is 0 Å². The number of hydrogen-bond donors (Lipinski definition) is 1. The molecule has 0 saturated carbocycles. The fraction of sp³-hybridized carbons (Fsp3) is 0.148. The van der Waals surface area contributed by atoms with E-state index in [0.29, 0.717) is 0 Å². The third-order valence-electron chi connectivity index (χ3n) is 6.17. The zero-order chi connectivity index (χ0) is 19.8. The number of benzene rings is 2. The van der Waals surface area contributed by atoms with E-state index in [4.69, 9.17) is 0 Å². The molecule has 2 aliphatic carbocycles. The Balaban J connectivity index is 1.74. The molecular formula is C27H23NO. The minimum absolute atomic E-state index is 0.0924. The van der Waals surface area contributed by atoms with Crippen molar-refractivity contribution >= 4 is 17.9 Å². The summed E-state index contributed by atoms with van der Waals surface area (Å²) in [6, 6.07) is 13.1. The molecule has 0 bridgehead atoms. The van der Waals surface area contributed by atoms with Gasteiger partial charge in [0, 0.05) is 23.7 Å². The van der Waals surface area contributed by atoms with Crippen molar-refractivity contribution < 1.29 is 4.79 Å². The third-order valence-corrected chi connectivity index (χ3v) is 6.17. The molecule has 1 heterocycles. The summed E-state index contributed by atoms with van der Waals surface area (Å²) in [5.41, 5.74) is 6.33. The standard InChI is InChI=1S/C27H23NO/c1-2-27(29)19-16-24-22-12-11-18-8-5-6-9-20(18)21(22)13-14-23(24)25(17-19)26-10-4-3-7-15-28-26/h2-10,12-16,19,25,28H,1,11,17H2. The monoisotopic (exact) mass is 377 g/mol. The van der Waals surface area contributed by atoms with Crippen molar-refractivity contribution in [3.63, 3.8) is 0 Å². The van der Waals surface area contributed by atoms with Gasteiger partial charge in [0.2, 0.25) is 0 Å². The van der Waals surface area contributed by atoms with Gasteiger partial charge in [-0.2, -0.15) is 0 Å². The van der Waals surface area contributed by atoms with Crippen LogP contribution in [-0.4, -0.2) is 5.78 Å². The first kappa shape index (κ1) is 17.7. The summed E-state index contributed by atoms with van der Waals surface area (Å²) in [5.74, 6) is 0.0860. The Hall–Kier alpha value is -3.39. The molecule has 142 valence electrons. The van der Waals surface area contributed by atoms with Crippen LogP contribution in [0.4, 0.5) is 0 Å². The van der Waals surface area contributed by atoms with Gasteiger partial charge in [0.05, 0.1) is 0 Å². The Kier molecular flexibility index (Phi) is 4.40. The van der Waals surface area contributed by atoms with Crippen molar-refractivity contribution in [3.8, 4) is 11.1 Å². The maximum absolute atomic E-state index is 12.6. The summed E-state index contributed by atoms with van der Waals surface area (Å²) in [6.45, 7) is 3.73. The van der Waals surface area contributed by atoms with Gasteiger partial charge in [0.25, 0.3) is 0 Å². The predicted molar refractivity (Wildman–Crippen MR) is 119 cm³/mol. The Morgan fingerprint density at radius 2 is 1.93 bits per heavy atom. The first-order valence-electron chi connectivity index (χ1n) is 10.2. The van der Waals surface area contributed by atoms with Crippen LogP contribution < -0.4 is 15.8 Å². The fourth-order valence-electron chi connectivity index (χ4n) is 4.75. The lowest BCUT2D eigenvalue weighted by atomic mass is 9.76. The SMILES string of the molecule is C=CC(=O)C1C=c2c(ccc3c2=CCc2ccccc2-3)C(C2=CC=CC=CN2)C1. The lowest BCUT2D eigenvalue weighted by Gasteiger charge is -2.29. The van der Waals surface area contributed by atoms with Crippen LogP contribution in [0.25, 0.3) is 23.3 Å². The van der Waals surface area contributed by atoms with Gasteiger partial charge in [-0.1, -0.05) is 67.3 Å². The third kappa shape index (κ3) is 3.01. The Bertz CT molecular complexity index is 1230. The predicted octanol–water partition coefficient (Wildman–Crippen LogP) is 3.89. The second-order valence-corrected chi connectivity index (χ2v) is 7.77. The molecule has 1 aliphatic heterocycles. The average molecular weight is 377 g/mol. The summed E-state index contributed by atoms with van der Waals surface area (Å²) >= 11 is 0. The maximum atomic E-state index is 12.6. The number of carbonyl (C=O) groups excluding carboxylic acids is 1. The summed E-state index contributed by atoms with van der Waals surface area (Å²) in [6.07, 6.45) is 17.8.